The van der Waals surface area contributed by atoms with Gasteiger partial charge < -0.3 is 43.8 Å². The van der Waals surface area contributed by atoms with Crippen LogP contribution in [0.1, 0.15) is 18.4 Å². The van der Waals surface area contributed by atoms with Crippen molar-refractivity contribution < 1.29 is 38.0 Å². The summed E-state index contributed by atoms with van der Waals surface area (Å²) in [7, 11) is 0. The Bertz CT molecular complexity index is 617. The molecule has 0 aromatic heterocycles. The molecule has 0 bridgehead atoms. The van der Waals surface area contributed by atoms with Crippen molar-refractivity contribution in [3.63, 3.8) is 0 Å². The first-order valence-corrected chi connectivity index (χ1v) is 12.5. The topological polar surface area (TPSA) is 106 Å². The predicted molar refractivity (Wildman–Crippen MR) is 131 cm³/mol. The van der Waals surface area contributed by atoms with Gasteiger partial charge in [-0.1, -0.05) is 30.3 Å². The molecule has 0 aliphatic carbocycles. The van der Waals surface area contributed by atoms with Crippen molar-refractivity contribution in [1.29, 1.82) is 0 Å². The fourth-order valence-corrected chi connectivity index (χ4v) is 3.22. The molecule has 10 nitrogen and oxygen atoms in total. The summed E-state index contributed by atoms with van der Waals surface area (Å²) in [6.07, 6.45) is 2.07. The molecule has 1 amide bonds. The Balaban J connectivity index is 1.21. The number of rotatable bonds is 21. The van der Waals surface area contributed by atoms with E-state index < -0.39 is 6.09 Å². The van der Waals surface area contributed by atoms with E-state index in [4.69, 9.17) is 33.2 Å². The van der Waals surface area contributed by atoms with Gasteiger partial charge in [-0.05, 0) is 31.5 Å². The zero-order valence-corrected chi connectivity index (χ0v) is 20.8. The van der Waals surface area contributed by atoms with Crippen LogP contribution >= 0.6 is 0 Å². The molecule has 1 aromatic rings. The number of amides is 1. The smallest absolute Gasteiger partial charge is 0.407 e. The van der Waals surface area contributed by atoms with E-state index in [0.29, 0.717) is 85.3 Å². The number of alkyl carbamates (subject to hydrolysis) is 1. The third-order valence-corrected chi connectivity index (χ3v) is 5.08. The zero-order chi connectivity index (χ0) is 24.7. The van der Waals surface area contributed by atoms with Crippen LogP contribution in [0.3, 0.4) is 0 Å². The largest absolute Gasteiger partial charge is 0.445 e. The average molecular weight is 499 g/mol. The molecule has 0 radical (unpaired) electrons. The van der Waals surface area contributed by atoms with Crippen LogP contribution in [0.2, 0.25) is 0 Å². The van der Waals surface area contributed by atoms with Crippen LogP contribution in [0.4, 0.5) is 4.79 Å². The standard InChI is InChI=1S/C25H42N2O8/c28-25(35-22-23-4-2-1-3-5-23)27-10-11-29-12-13-30-14-15-31-16-17-32-18-19-33-20-21-34-24-6-8-26-9-7-24/h1-5,24,26H,6-22H2,(H,27,28). The van der Waals surface area contributed by atoms with Crippen LogP contribution in [-0.4, -0.2) is 105 Å². The van der Waals surface area contributed by atoms with Crippen molar-refractivity contribution in [3.8, 4) is 0 Å². The average Bonchev–Trinajstić information content (AvgIpc) is 2.90. The van der Waals surface area contributed by atoms with Gasteiger partial charge in [0.25, 0.3) is 0 Å². The number of nitrogens with one attached hydrogen (secondary N) is 2. The number of carbonyl (C=O) groups is 1. The molecule has 10 heteroatoms. The minimum atomic E-state index is -0.458. The summed E-state index contributed by atoms with van der Waals surface area (Å²) in [5, 5.41) is 5.96. The minimum Gasteiger partial charge on any atom is -0.445 e. The number of ether oxygens (including phenoxy) is 7. The number of hydrogen-bond donors (Lipinski definition) is 2. The van der Waals surface area contributed by atoms with E-state index in [9.17, 15) is 4.79 Å². The summed E-state index contributed by atoms with van der Waals surface area (Å²) < 4.78 is 38.2. The van der Waals surface area contributed by atoms with Gasteiger partial charge in [0.1, 0.15) is 6.61 Å². The minimum absolute atomic E-state index is 0.249. The number of hydrogen-bond acceptors (Lipinski definition) is 9. The highest BCUT2D eigenvalue weighted by atomic mass is 16.6. The molecule has 0 saturated carbocycles. The Hall–Kier alpha value is -1.79. The molecule has 1 aliphatic heterocycles. The van der Waals surface area contributed by atoms with Crippen LogP contribution in [0, 0.1) is 0 Å². The van der Waals surface area contributed by atoms with Gasteiger partial charge in [-0.25, -0.2) is 4.79 Å². The normalized spacial score (nSPS) is 14.2. The van der Waals surface area contributed by atoms with E-state index in [1.807, 2.05) is 30.3 Å². The van der Waals surface area contributed by atoms with E-state index in [2.05, 4.69) is 10.6 Å². The van der Waals surface area contributed by atoms with Crippen molar-refractivity contribution in [1.82, 2.24) is 10.6 Å². The second-order valence-corrected chi connectivity index (χ2v) is 7.87. The summed E-state index contributed by atoms with van der Waals surface area (Å²) in [6.45, 7) is 8.41. The maximum Gasteiger partial charge on any atom is 0.407 e. The highest BCUT2D eigenvalue weighted by Crippen LogP contribution is 2.06. The van der Waals surface area contributed by atoms with Gasteiger partial charge in [0.2, 0.25) is 0 Å². The highest BCUT2D eigenvalue weighted by molar-refractivity contribution is 5.67. The van der Waals surface area contributed by atoms with Gasteiger partial charge in [-0.3, -0.25) is 0 Å². The van der Waals surface area contributed by atoms with E-state index in [1.165, 1.54) is 0 Å². The van der Waals surface area contributed by atoms with Gasteiger partial charge >= 0.3 is 6.09 Å². The highest BCUT2D eigenvalue weighted by Gasteiger charge is 2.12. The van der Waals surface area contributed by atoms with Gasteiger partial charge in [-0.15, -0.1) is 0 Å². The molecule has 200 valence electrons. The molecule has 1 heterocycles. The first-order chi connectivity index (χ1) is 17.3. The monoisotopic (exact) mass is 498 g/mol. The molecule has 1 fully saturated rings. The van der Waals surface area contributed by atoms with Crippen molar-refractivity contribution >= 4 is 6.09 Å². The number of carbonyl (C=O) groups excluding carboxylic acids is 1. The van der Waals surface area contributed by atoms with E-state index in [-0.39, 0.29) is 6.61 Å². The second-order valence-electron chi connectivity index (χ2n) is 7.87. The molecule has 0 atom stereocenters. The predicted octanol–water partition coefficient (Wildman–Crippen LogP) is 1.76. The molecular formula is C25H42N2O8. The van der Waals surface area contributed by atoms with Crippen molar-refractivity contribution in [2.24, 2.45) is 0 Å². The lowest BCUT2D eigenvalue weighted by atomic mass is 10.1. The lowest BCUT2D eigenvalue weighted by Crippen LogP contribution is -2.33. The van der Waals surface area contributed by atoms with Gasteiger partial charge in [-0.2, -0.15) is 0 Å². The Labute approximate surface area is 208 Å². The van der Waals surface area contributed by atoms with Gasteiger partial charge in [0, 0.05) is 6.54 Å². The van der Waals surface area contributed by atoms with E-state index in [0.717, 1.165) is 31.5 Å². The lowest BCUT2D eigenvalue weighted by molar-refractivity contribution is -0.0295. The van der Waals surface area contributed by atoms with E-state index in [1.54, 1.807) is 0 Å². The molecule has 35 heavy (non-hydrogen) atoms. The SMILES string of the molecule is O=C(NCCOCCOCCOCCOCCOCCOC1CCNCC1)OCc1ccccc1. The van der Waals surface area contributed by atoms with Gasteiger partial charge in [0.15, 0.2) is 0 Å². The summed E-state index contributed by atoms with van der Waals surface area (Å²) in [6, 6.07) is 9.53. The Morgan fingerprint density at radius 1 is 0.743 bits per heavy atom. The van der Waals surface area contributed by atoms with Crippen LogP contribution in [0.5, 0.6) is 0 Å². The summed E-state index contributed by atoms with van der Waals surface area (Å²) >= 11 is 0. The van der Waals surface area contributed by atoms with Crippen LogP contribution < -0.4 is 10.6 Å². The summed E-state index contributed by atoms with van der Waals surface area (Å²) in [5.74, 6) is 0. The quantitative estimate of drug-likeness (QED) is 0.245. The first-order valence-electron chi connectivity index (χ1n) is 12.5. The third kappa shape index (κ3) is 17.3. The van der Waals surface area contributed by atoms with Crippen LogP contribution in [0.25, 0.3) is 0 Å². The first kappa shape index (κ1) is 29.4. The second kappa shape index (κ2) is 21.5. The molecule has 0 unspecified atom stereocenters. The fourth-order valence-electron chi connectivity index (χ4n) is 3.22. The van der Waals surface area contributed by atoms with Crippen molar-refractivity contribution in [3.05, 3.63) is 35.9 Å². The molecule has 0 spiro atoms. The summed E-state index contributed by atoms with van der Waals surface area (Å²) in [4.78, 5) is 11.6. The molecule has 1 saturated heterocycles. The lowest BCUT2D eigenvalue weighted by Gasteiger charge is -2.22. The zero-order valence-electron chi connectivity index (χ0n) is 20.8. The summed E-state index contributed by atoms with van der Waals surface area (Å²) in [5.41, 5.74) is 0.946. The Kier molecular flexibility index (Phi) is 18.1. The van der Waals surface area contributed by atoms with E-state index >= 15 is 0 Å². The molecule has 2 N–H and O–H groups in total. The molecular weight excluding hydrogens is 456 g/mol. The molecule has 2 rings (SSSR count). The maximum atomic E-state index is 11.6. The number of benzene rings is 1. The maximum absolute atomic E-state index is 11.6. The molecule has 1 aromatic carbocycles. The fraction of sp³-hybridized carbons (Fsp3) is 0.720. The molecule has 1 aliphatic rings. The van der Waals surface area contributed by atoms with Crippen molar-refractivity contribution in [2.45, 2.75) is 25.6 Å². The van der Waals surface area contributed by atoms with Crippen molar-refractivity contribution in [2.75, 3.05) is 92.3 Å². The van der Waals surface area contributed by atoms with Crippen LogP contribution in [0.15, 0.2) is 30.3 Å². The Morgan fingerprint density at radius 3 is 1.83 bits per heavy atom. The third-order valence-electron chi connectivity index (χ3n) is 5.08. The number of piperidine rings is 1. The Morgan fingerprint density at radius 2 is 1.26 bits per heavy atom. The van der Waals surface area contributed by atoms with Gasteiger partial charge in [0.05, 0.1) is 78.8 Å². The van der Waals surface area contributed by atoms with Crippen LogP contribution in [-0.2, 0) is 39.8 Å².